The molecule has 0 bridgehead atoms. The minimum Gasteiger partial charge on any atom is -0.481 e. The number of benzene rings is 1. The van der Waals surface area contributed by atoms with E-state index in [-0.39, 0.29) is 54.7 Å². The van der Waals surface area contributed by atoms with Gasteiger partial charge in [0.15, 0.2) is 5.82 Å². The van der Waals surface area contributed by atoms with E-state index in [1.54, 1.807) is 17.9 Å². The number of aromatic amines is 1. The number of rotatable bonds is 7. The molecule has 0 radical (unpaired) electrons. The Labute approximate surface area is 205 Å². The Kier molecular flexibility index (Phi) is 7.05. The standard InChI is InChI=1S/C24H25ClF3N5O2/c1-13-9-21(32-31-13)30-20-6-5-18(27)19(29-20)11-24(23(34)35)7-8-33(14(2)10-24)12-15-17(26)4-3-16(25)22(15)28/h3-6,9,14H,7-8,10-12H2,1-2H3,(H,34,35)(H2,29,30,31,32)/t14-,24?/m1/s1. The van der Waals surface area contributed by atoms with E-state index in [0.29, 0.717) is 11.6 Å². The lowest BCUT2D eigenvalue weighted by atomic mass is 9.72. The molecular formula is C24H25ClF3N5O2. The maximum atomic E-state index is 14.7. The molecule has 0 spiro atoms. The molecule has 1 aliphatic rings. The van der Waals surface area contributed by atoms with E-state index < -0.39 is 28.8 Å². The molecule has 2 aromatic heterocycles. The smallest absolute Gasteiger partial charge is 0.310 e. The summed E-state index contributed by atoms with van der Waals surface area (Å²) in [6.07, 6.45) is 0.193. The normalized spacial score (nSPS) is 20.7. The first-order valence-electron chi connectivity index (χ1n) is 11.1. The van der Waals surface area contributed by atoms with Crippen molar-refractivity contribution in [1.29, 1.82) is 0 Å². The van der Waals surface area contributed by atoms with Crippen LogP contribution in [0, 0.1) is 29.8 Å². The summed E-state index contributed by atoms with van der Waals surface area (Å²) in [7, 11) is 0. The Hall–Kier alpha value is -3.11. The van der Waals surface area contributed by atoms with Crippen molar-refractivity contribution in [3.05, 3.63) is 69.8 Å². The van der Waals surface area contributed by atoms with Crippen LogP contribution in [0.25, 0.3) is 0 Å². The number of likely N-dealkylation sites (tertiary alicyclic amines) is 1. The highest BCUT2D eigenvalue weighted by molar-refractivity contribution is 6.30. The minimum absolute atomic E-state index is 0.0252. The number of nitrogens with zero attached hydrogens (tertiary/aromatic N) is 3. The highest BCUT2D eigenvalue weighted by atomic mass is 35.5. The van der Waals surface area contributed by atoms with E-state index in [9.17, 15) is 23.1 Å². The third kappa shape index (κ3) is 5.28. The lowest BCUT2D eigenvalue weighted by Crippen LogP contribution is -2.50. The van der Waals surface area contributed by atoms with Gasteiger partial charge in [-0.2, -0.15) is 5.10 Å². The fourth-order valence-electron chi connectivity index (χ4n) is 4.57. The van der Waals surface area contributed by atoms with Crippen LogP contribution >= 0.6 is 11.6 Å². The molecule has 3 heterocycles. The van der Waals surface area contributed by atoms with Gasteiger partial charge in [-0.05, 0) is 57.5 Å². The number of hydrogen-bond acceptors (Lipinski definition) is 5. The first-order valence-corrected chi connectivity index (χ1v) is 11.5. The molecule has 4 rings (SSSR count). The molecule has 3 aromatic rings. The van der Waals surface area contributed by atoms with Gasteiger partial charge in [-0.25, -0.2) is 18.2 Å². The van der Waals surface area contributed by atoms with Gasteiger partial charge in [0.1, 0.15) is 23.3 Å². The molecule has 11 heteroatoms. The average Bonchev–Trinajstić information content (AvgIpc) is 3.22. The number of nitrogens with one attached hydrogen (secondary N) is 2. The molecule has 35 heavy (non-hydrogen) atoms. The van der Waals surface area contributed by atoms with Crippen LogP contribution in [0.15, 0.2) is 30.3 Å². The predicted molar refractivity (Wildman–Crippen MR) is 125 cm³/mol. The van der Waals surface area contributed by atoms with Crippen molar-refractivity contribution in [1.82, 2.24) is 20.1 Å². The van der Waals surface area contributed by atoms with Gasteiger partial charge in [-0.15, -0.1) is 0 Å². The maximum absolute atomic E-state index is 14.7. The first-order chi connectivity index (χ1) is 16.6. The second-order valence-corrected chi connectivity index (χ2v) is 9.45. The van der Waals surface area contributed by atoms with Crippen molar-refractivity contribution in [2.45, 2.75) is 45.7 Å². The number of anilines is 2. The Bertz CT molecular complexity index is 1250. The van der Waals surface area contributed by atoms with Gasteiger partial charge in [0.2, 0.25) is 0 Å². The Balaban J connectivity index is 1.53. The zero-order valence-corrected chi connectivity index (χ0v) is 20.0. The second kappa shape index (κ2) is 9.87. The largest absolute Gasteiger partial charge is 0.481 e. The lowest BCUT2D eigenvalue weighted by molar-refractivity contribution is -0.153. The van der Waals surface area contributed by atoms with Gasteiger partial charge in [0.05, 0.1) is 16.1 Å². The summed E-state index contributed by atoms with van der Waals surface area (Å²) in [5.41, 5.74) is -0.584. The summed E-state index contributed by atoms with van der Waals surface area (Å²) in [6, 6.07) is 6.37. The third-order valence-corrected chi connectivity index (χ3v) is 6.82. The molecule has 0 aliphatic carbocycles. The summed E-state index contributed by atoms with van der Waals surface area (Å²) in [6.45, 7) is 3.83. The monoisotopic (exact) mass is 507 g/mol. The fraction of sp³-hybridized carbons (Fsp3) is 0.375. The fourth-order valence-corrected chi connectivity index (χ4v) is 4.75. The van der Waals surface area contributed by atoms with Crippen LogP contribution in [0.4, 0.5) is 24.8 Å². The second-order valence-electron chi connectivity index (χ2n) is 9.04. The number of H-pyrrole nitrogens is 1. The highest BCUT2D eigenvalue weighted by Crippen LogP contribution is 2.40. The highest BCUT2D eigenvalue weighted by Gasteiger charge is 2.45. The first kappa shape index (κ1) is 25.0. The Morgan fingerprint density at radius 3 is 2.66 bits per heavy atom. The Morgan fingerprint density at radius 1 is 1.26 bits per heavy atom. The van der Waals surface area contributed by atoms with Crippen LogP contribution in [0.5, 0.6) is 0 Å². The zero-order valence-electron chi connectivity index (χ0n) is 19.2. The van der Waals surface area contributed by atoms with Crippen molar-refractivity contribution < 1.29 is 23.1 Å². The number of aromatic nitrogens is 3. The number of aryl methyl sites for hydroxylation is 1. The number of piperidine rings is 1. The van der Waals surface area contributed by atoms with E-state index in [1.807, 2.05) is 6.92 Å². The van der Waals surface area contributed by atoms with E-state index in [4.69, 9.17) is 11.6 Å². The summed E-state index contributed by atoms with van der Waals surface area (Å²) in [4.78, 5) is 18.5. The number of halogens is 4. The molecule has 3 N–H and O–H groups in total. The number of pyridine rings is 1. The SMILES string of the molecule is Cc1cc(Nc2ccc(F)c(CC3(C(=O)O)CCN(Cc4c(F)ccc(Cl)c4F)[C@H](C)C3)n2)n[nH]1. The van der Waals surface area contributed by atoms with Crippen molar-refractivity contribution in [2.24, 2.45) is 5.41 Å². The topological polar surface area (TPSA) is 94.1 Å². The number of aliphatic carboxylic acids is 1. The minimum atomic E-state index is -1.28. The number of hydrogen-bond donors (Lipinski definition) is 3. The number of carboxylic acids is 1. The summed E-state index contributed by atoms with van der Waals surface area (Å²) >= 11 is 5.81. The van der Waals surface area contributed by atoms with E-state index in [2.05, 4.69) is 20.5 Å². The molecule has 1 saturated heterocycles. The summed E-state index contributed by atoms with van der Waals surface area (Å²) in [5, 5.41) is 19.8. The number of carbonyl (C=O) groups is 1. The number of carboxylic acid groups (broad SMARTS) is 1. The molecule has 1 aromatic carbocycles. The predicted octanol–water partition coefficient (Wildman–Crippen LogP) is 5.23. The van der Waals surface area contributed by atoms with E-state index in [0.717, 1.165) is 17.8 Å². The third-order valence-electron chi connectivity index (χ3n) is 6.53. The van der Waals surface area contributed by atoms with Crippen LogP contribution in [0.2, 0.25) is 5.02 Å². The van der Waals surface area contributed by atoms with E-state index >= 15 is 0 Å². The lowest BCUT2D eigenvalue weighted by Gasteiger charge is -2.43. The molecule has 2 atom stereocenters. The van der Waals surface area contributed by atoms with Gasteiger partial charge in [-0.3, -0.25) is 14.8 Å². The Morgan fingerprint density at radius 2 is 2.00 bits per heavy atom. The molecule has 1 aliphatic heterocycles. The molecule has 1 fully saturated rings. The van der Waals surface area contributed by atoms with Crippen LogP contribution < -0.4 is 5.32 Å². The van der Waals surface area contributed by atoms with Crippen LogP contribution in [-0.4, -0.2) is 43.7 Å². The maximum Gasteiger partial charge on any atom is 0.310 e. The van der Waals surface area contributed by atoms with Gasteiger partial charge in [0.25, 0.3) is 0 Å². The molecule has 0 saturated carbocycles. The molecule has 1 unspecified atom stereocenters. The summed E-state index contributed by atoms with van der Waals surface area (Å²) in [5.74, 6) is -2.36. The van der Waals surface area contributed by atoms with E-state index in [1.165, 1.54) is 12.1 Å². The summed E-state index contributed by atoms with van der Waals surface area (Å²) < 4.78 is 43.3. The molecule has 7 nitrogen and oxygen atoms in total. The molecule has 0 amide bonds. The van der Waals surface area contributed by atoms with Crippen LogP contribution in [0.3, 0.4) is 0 Å². The quantitative estimate of drug-likeness (QED) is 0.379. The van der Waals surface area contributed by atoms with Crippen molar-refractivity contribution >= 4 is 29.2 Å². The van der Waals surface area contributed by atoms with Gasteiger partial charge >= 0.3 is 5.97 Å². The van der Waals surface area contributed by atoms with Crippen LogP contribution in [0.1, 0.15) is 36.7 Å². The zero-order chi connectivity index (χ0) is 25.3. The van der Waals surface area contributed by atoms with Gasteiger partial charge in [0, 0.05) is 36.3 Å². The van der Waals surface area contributed by atoms with Crippen molar-refractivity contribution in [2.75, 3.05) is 11.9 Å². The molecular weight excluding hydrogens is 483 g/mol. The van der Waals surface area contributed by atoms with Gasteiger partial charge < -0.3 is 10.4 Å². The van der Waals surface area contributed by atoms with Gasteiger partial charge in [-0.1, -0.05) is 11.6 Å². The average molecular weight is 508 g/mol. The van der Waals surface area contributed by atoms with Crippen molar-refractivity contribution in [3.8, 4) is 0 Å². The molecule has 186 valence electrons. The van der Waals surface area contributed by atoms with Crippen molar-refractivity contribution in [3.63, 3.8) is 0 Å². The van der Waals surface area contributed by atoms with Crippen LogP contribution in [-0.2, 0) is 17.8 Å².